The van der Waals surface area contributed by atoms with Crippen LogP contribution in [0, 0.1) is 0 Å². The number of rotatable bonds is 9. The van der Waals surface area contributed by atoms with E-state index >= 15 is 0 Å². The quantitative estimate of drug-likeness (QED) is 0.358. The molecule has 216 valence electrons. The Morgan fingerprint density at radius 2 is 1.61 bits per heavy atom. The maximum Gasteiger partial charge on any atom is 0.416 e. The van der Waals surface area contributed by atoms with Gasteiger partial charge in [0.1, 0.15) is 5.75 Å². The second-order valence-corrected chi connectivity index (χ2v) is 9.12. The Bertz CT molecular complexity index is 1360. The number of nitrogens with zero attached hydrogens (tertiary/aromatic N) is 1. The number of halogens is 3. The molecule has 12 heteroatoms. The molecule has 41 heavy (non-hydrogen) atoms. The molecule has 0 saturated carbocycles. The van der Waals surface area contributed by atoms with Gasteiger partial charge < -0.3 is 29.7 Å². The van der Waals surface area contributed by atoms with Crippen molar-refractivity contribution in [3.05, 3.63) is 83.9 Å². The molecule has 0 bridgehead atoms. The molecule has 1 atom stereocenters. The number of alkyl halides is 3. The van der Waals surface area contributed by atoms with Crippen molar-refractivity contribution >= 4 is 34.8 Å². The smallest absolute Gasteiger partial charge is 0.416 e. The van der Waals surface area contributed by atoms with Crippen LogP contribution in [0.25, 0.3) is 0 Å². The van der Waals surface area contributed by atoms with E-state index in [2.05, 4.69) is 15.5 Å². The number of hydrogen-bond acceptors (Lipinski definition) is 7. The largest absolute Gasteiger partial charge is 0.484 e. The van der Waals surface area contributed by atoms with Gasteiger partial charge in [-0.3, -0.25) is 9.59 Å². The fourth-order valence-electron chi connectivity index (χ4n) is 3.91. The standard InChI is InChI=1S/C29H28F3N3O6/c1-19(27(37)34-22-7-9-24(10-8-22)35-13-15-39-16-14-35)41-28(38)20-5-11-25(12-6-20)40-18-26(36)33-23-4-2-3-21(17-23)29(30,31)32/h2-12,17,19H,13-16,18H2,1H3,(H,33,36)(H,34,37)/t19-/m0/s1. The molecule has 3 aromatic carbocycles. The van der Waals surface area contributed by atoms with Crippen LogP contribution < -0.4 is 20.3 Å². The van der Waals surface area contributed by atoms with Crippen LogP contribution in [-0.2, 0) is 25.2 Å². The number of anilines is 3. The molecule has 4 rings (SSSR count). The summed E-state index contributed by atoms with van der Waals surface area (Å²) in [4.78, 5) is 39.3. The van der Waals surface area contributed by atoms with Crippen LogP contribution in [0.5, 0.6) is 5.75 Å². The van der Waals surface area contributed by atoms with Crippen LogP contribution in [0.3, 0.4) is 0 Å². The maximum atomic E-state index is 12.8. The predicted octanol–water partition coefficient (Wildman–Crippen LogP) is 4.74. The van der Waals surface area contributed by atoms with Crippen LogP contribution in [0.2, 0.25) is 0 Å². The lowest BCUT2D eigenvalue weighted by Gasteiger charge is -2.28. The van der Waals surface area contributed by atoms with Gasteiger partial charge in [0, 0.05) is 30.2 Å². The summed E-state index contributed by atoms with van der Waals surface area (Å²) >= 11 is 0. The molecule has 9 nitrogen and oxygen atoms in total. The number of carbonyl (C=O) groups is 3. The molecule has 2 N–H and O–H groups in total. The van der Waals surface area contributed by atoms with Crippen molar-refractivity contribution in [2.45, 2.75) is 19.2 Å². The first kappa shape index (κ1) is 29.4. The van der Waals surface area contributed by atoms with E-state index < -0.39 is 42.2 Å². The minimum atomic E-state index is -4.53. The Hall–Kier alpha value is -4.58. The number of nitrogens with one attached hydrogen (secondary N) is 2. The van der Waals surface area contributed by atoms with Gasteiger partial charge in [-0.1, -0.05) is 6.07 Å². The molecular formula is C29H28F3N3O6. The lowest BCUT2D eigenvalue weighted by atomic mass is 10.2. The van der Waals surface area contributed by atoms with Gasteiger partial charge in [0.2, 0.25) is 0 Å². The fraction of sp³-hybridized carbons (Fsp3) is 0.276. The van der Waals surface area contributed by atoms with Gasteiger partial charge in [-0.15, -0.1) is 0 Å². The van der Waals surface area contributed by atoms with E-state index in [4.69, 9.17) is 14.2 Å². The van der Waals surface area contributed by atoms with Crippen molar-refractivity contribution in [2.75, 3.05) is 48.4 Å². The van der Waals surface area contributed by atoms with Crippen LogP contribution in [0.4, 0.5) is 30.2 Å². The third-order valence-electron chi connectivity index (χ3n) is 6.10. The SMILES string of the molecule is C[C@H](OC(=O)c1ccc(OCC(=O)Nc2cccc(C(F)(F)F)c2)cc1)C(=O)Nc1ccc(N2CCOCC2)cc1. The molecule has 0 aromatic heterocycles. The second-order valence-electron chi connectivity index (χ2n) is 9.12. The predicted molar refractivity (Wildman–Crippen MR) is 145 cm³/mol. The first-order chi connectivity index (χ1) is 19.6. The Balaban J connectivity index is 1.22. The molecule has 1 aliphatic rings. The number of esters is 1. The number of ether oxygens (including phenoxy) is 3. The van der Waals surface area contributed by atoms with Crippen LogP contribution >= 0.6 is 0 Å². The summed E-state index contributed by atoms with van der Waals surface area (Å²) < 4.78 is 54.5. The first-order valence-corrected chi connectivity index (χ1v) is 12.7. The molecule has 0 aliphatic carbocycles. The van der Waals surface area contributed by atoms with Gasteiger partial charge in [-0.2, -0.15) is 13.2 Å². The van der Waals surface area contributed by atoms with E-state index in [0.717, 1.165) is 30.9 Å². The minimum absolute atomic E-state index is 0.0188. The van der Waals surface area contributed by atoms with Crippen molar-refractivity contribution in [3.8, 4) is 5.75 Å². The van der Waals surface area contributed by atoms with Crippen LogP contribution in [0.15, 0.2) is 72.8 Å². The Kier molecular flexibility index (Phi) is 9.45. The van der Waals surface area contributed by atoms with Crippen molar-refractivity contribution in [1.82, 2.24) is 0 Å². The highest BCUT2D eigenvalue weighted by Crippen LogP contribution is 2.30. The molecule has 0 spiro atoms. The van der Waals surface area contributed by atoms with E-state index in [0.29, 0.717) is 18.9 Å². The number of hydrogen-bond donors (Lipinski definition) is 2. The number of amides is 2. The Labute approximate surface area is 234 Å². The summed E-state index contributed by atoms with van der Waals surface area (Å²) in [6.07, 6.45) is -5.60. The van der Waals surface area contributed by atoms with Gasteiger partial charge in [-0.05, 0) is 73.7 Å². The molecule has 1 heterocycles. The lowest BCUT2D eigenvalue weighted by Crippen LogP contribution is -2.36. The number of morpholine rings is 1. The summed E-state index contributed by atoms with van der Waals surface area (Å²) in [5, 5.41) is 5.06. The van der Waals surface area contributed by atoms with Crippen molar-refractivity contribution in [2.24, 2.45) is 0 Å². The average molecular weight is 572 g/mol. The molecule has 1 fully saturated rings. The Morgan fingerprint density at radius 3 is 2.27 bits per heavy atom. The topological polar surface area (TPSA) is 106 Å². The van der Waals surface area contributed by atoms with Crippen LogP contribution in [-0.4, -0.2) is 56.8 Å². The van der Waals surface area contributed by atoms with E-state index in [1.165, 1.54) is 43.3 Å². The summed E-state index contributed by atoms with van der Waals surface area (Å²) in [5.41, 5.74) is 0.835. The van der Waals surface area contributed by atoms with Crippen LogP contribution in [0.1, 0.15) is 22.8 Å². The molecule has 0 unspecified atom stereocenters. The molecule has 3 aromatic rings. The highest BCUT2D eigenvalue weighted by Gasteiger charge is 2.30. The molecule has 0 radical (unpaired) electrons. The normalized spacial score (nSPS) is 14.1. The van der Waals surface area contributed by atoms with Gasteiger partial charge in [0.25, 0.3) is 11.8 Å². The fourth-order valence-corrected chi connectivity index (χ4v) is 3.91. The van der Waals surface area contributed by atoms with Gasteiger partial charge in [0.05, 0.1) is 24.3 Å². The summed E-state index contributed by atoms with van der Waals surface area (Å²) in [5.74, 6) is -1.65. The maximum absolute atomic E-state index is 12.8. The van der Waals surface area contributed by atoms with Crippen molar-refractivity contribution in [1.29, 1.82) is 0 Å². The molecule has 2 amide bonds. The lowest BCUT2D eigenvalue weighted by molar-refractivity contribution is -0.137. The zero-order valence-corrected chi connectivity index (χ0v) is 22.1. The van der Waals surface area contributed by atoms with E-state index in [-0.39, 0.29) is 17.0 Å². The van der Waals surface area contributed by atoms with E-state index in [9.17, 15) is 27.6 Å². The highest BCUT2D eigenvalue weighted by molar-refractivity contribution is 5.97. The first-order valence-electron chi connectivity index (χ1n) is 12.7. The third kappa shape index (κ3) is 8.45. The Morgan fingerprint density at radius 1 is 0.927 bits per heavy atom. The second kappa shape index (κ2) is 13.2. The molecule has 1 aliphatic heterocycles. The van der Waals surface area contributed by atoms with E-state index in [1.54, 1.807) is 12.1 Å². The summed E-state index contributed by atoms with van der Waals surface area (Å²) in [6.45, 7) is 3.91. The van der Waals surface area contributed by atoms with Gasteiger partial charge in [-0.25, -0.2) is 4.79 Å². The van der Waals surface area contributed by atoms with Crippen molar-refractivity contribution < 1.29 is 41.8 Å². The van der Waals surface area contributed by atoms with Crippen molar-refractivity contribution in [3.63, 3.8) is 0 Å². The number of benzene rings is 3. The summed E-state index contributed by atoms with van der Waals surface area (Å²) in [7, 11) is 0. The van der Waals surface area contributed by atoms with Gasteiger partial charge in [0.15, 0.2) is 12.7 Å². The zero-order chi connectivity index (χ0) is 29.4. The number of carbonyl (C=O) groups excluding carboxylic acids is 3. The summed E-state index contributed by atoms with van der Waals surface area (Å²) in [6, 6.07) is 17.2. The monoisotopic (exact) mass is 571 g/mol. The van der Waals surface area contributed by atoms with E-state index in [1.807, 2.05) is 12.1 Å². The minimum Gasteiger partial charge on any atom is -0.484 e. The third-order valence-corrected chi connectivity index (χ3v) is 6.10. The molecular weight excluding hydrogens is 543 g/mol. The highest BCUT2D eigenvalue weighted by atomic mass is 19.4. The zero-order valence-electron chi connectivity index (χ0n) is 22.1. The average Bonchev–Trinajstić information content (AvgIpc) is 2.97. The van der Waals surface area contributed by atoms with Gasteiger partial charge >= 0.3 is 12.1 Å². The molecule has 1 saturated heterocycles.